The third-order valence-electron chi connectivity index (χ3n) is 5.11. The van der Waals surface area contributed by atoms with Gasteiger partial charge in [-0.15, -0.1) is 0 Å². The number of carbonyl (C=O) groups is 2. The molecule has 0 saturated heterocycles. The lowest BCUT2D eigenvalue weighted by Crippen LogP contribution is -2.21. The van der Waals surface area contributed by atoms with E-state index in [9.17, 15) is 31.5 Å². The minimum Gasteiger partial charge on any atom is -0.478 e. The first-order chi connectivity index (χ1) is 18.7. The molecule has 0 fully saturated rings. The summed E-state index contributed by atoms with van der Waals surface area (Å²) in [7, 11) is -3.96. The first-order valence-electron chi connectivity index (χ1n) is 11.0. The molecule has 0 aromatic heterocycles. The van der Waals surface area contributed by atoms with Crippen LogP contribution < -0.4 is 15.2 Å². The maximum absolute atomic E-state index is 12.9. The Hall–Kier alpha value is -5.11. The normalized spacial score (nSPS) is 11.2. The molecule has 0 heterocycles. The number of rotatable bonds is 7. The van der Waals surface area contributed by atoms with Gasteiger partial charge in [0.25, 0.3) is 10.0 Å². The van der Waals surface area contributed by atoms with Gasteiger partial charge in [0.1, 0.15) is 22.9 Å². The number of benzene rings is 4. The van der Waals surface area contributed by atoms with Crippen molar-refractivity contribution in [3.63, 3.8) is 0 Å². The van der Waals surface area contributed by atoms with Crippen molar-refractivity contribution < 1.29 is 46.1 Å². The molecule has 0 aliphatic rings. The van der Waals surface area contributed by atoms with E-state index < -0.39 is 28.1 Å². The van der Waals surface area contributed by atoms with Crippen LogP contribution in [0, 0.1) is 5.41 Å². The number of aliphatic carboxylic acids is 1. The number of amidine groups is 1. The van der Waals surface area contributed by atoms with Crippen LogP contribution in [0.25, 0.3) is 10.8 Å². The second kappa shape index (κ2) is 11.7. The number of nitrogens with one attached hydrogen (secondary N) is 2. The molecule has 0 saturated carbocycles. The second-order valence-electron chi connectivity index (χ2n) is 7.98. The van der Waals surface area contributed by atoms with Gasteiger partial charge in [0, 0.05) is 11.3 Å². The molecule has 0 aliphatic carbocycles. The smallest absolute Gasteiger partial charge is 0.478 e. The van der Waals surface area contributed by atoms with E-state index >= 15 is 0 Å². The molecule has 4 aromatic carbocycles. The number of hydrogen-bond acceptors (Lipinski definition) is 6. The summed E-state index contributed by atoms with van der Waals surface area (Å²) in [5.74, 6) is -3.91. The molecule has 208 valence electrons. The van der Waals surface area contributed by atoms with Gasteiger partial charge in [0.05, 0.1) is 4.90 Å². The first-order valence-corrected chi connectivity index (χ1v) is 12.5. The molecule has 0 amide bonds. The first kappa shape index (κ1) is 29.4. The zero-order valence-corrected chi connectivity index (χ0v) is 21.0. The van der Waals surface area contributed by atoms with Crippen molar-refractivity contribution in [2.75, 3.05) is 4.72 Å². The van der Waals surface area contributed by atoms with Gasteiger partial charge < -0.3 is 20.7 Å². The van der Waals surface area contributed by atoms with Crippen LogP contribution in [0.4, 0.5) is 18.9 Å². The van der Waals surface area contributed by atoms with Crippen LogP contribution in [-0.2, 0) is 14.8 Å². The maximum atomic E-state index is 12.9. The largest absolute Gasteiger partial charge is 0.490 e. The minimum atomic E-state index is -5.08. The molecule has 0 bridgehead atoms. The summed E-state index contributed by atoms with van der Waals surface area (Å²) >= 11 is 0. The summed E-state index contributed by atoms with van der Waals surface area (Å²) in [6.45, 7) is 0. The van der Waals surface area contributed by atoms with Crippen molar-refractivity contribution in [1.29, 1.82) is 5.41 Å². The number of nitrogen functional groups attached to an aromatic ring is 1. The predicted octanol–water partition coefficient (Wildman–Crippen LogP) is 5.05. The average molecular weight is 576 g/mol. The van der Waals surface area contributed by atoms with Gasteiger partial charge in [0.2, 0.25) is 0 Å². The van der Waals surface area contributed by atoms with Gasteiger partial charge in [0.15, 0.2) is 0 Å². The number of nitrogens with two attached hydrogens (primary N) is 1. The highest BCUT2D eigenvalue weighted by molar-refractivity contribution is 7.92. The number of carboxylic acids is 2. The Labute approximate surface area is 225 Å². The molecule has 10 nitrogen and oxygen atoms in total. The summed E-state index contributed by atoms with van der Waals surface area (Å²) < 4.78 is 65.6. The number of halogens is 3. The van der Waals surface area contributed by atoms with Gasteiger partial charge in [-0.3, -0.25) is 10.1 Å². The van der Waals surface area contributed by atoms with Crippen LogP contribution in [0.3, 0.4) is 0 Å². The lowest BCUT2D eigenvalue weighted by atomic mass is 10.1. The van der Waals surface area contributed by atoms with Gasteiger partial charge in [-0.2, -0.15) is 13.2 Å². The van der Waals surface area contributed by atoms with Gasteiger partial charge in [-0.25, -0.2) is 18.0 Å². The van der Waals surface area contributed by atoms with Crippen molar-refractivity contribution in [2.24, 2.45) is 5.73 Å². The molecule has 0 atom stereocenters. The number of anilines is 1. The van der Waals surface area contributed by atoms with Crippen LogP contribution in [0.1, 0.15) is 15.9 Å². The van der Waals surface area contributed by atoms with Crippen LogP contribution in [0.5, 0.6) is 11.5 Å². The summed E-state index contributed by atoms with van der Waals surface area (Å²) in [6.07, 6.45) is -5.08. The summed E-state index contributed by atoms with van der Waals surface area (Å²) in [6, 6.07) is 22.4. The quantitative estimate of drug-likeness (QED) is 0.150. The molecule has 0 unspecified atom stereocenters. The van der Waals surface area contributed by atoms with Crippen LogP contribution >= 0.6 is 0 Å². The van der Waals surface area contributed by atoms with E-state index in [-0.39, 0.29) is 33.5 Å². The van der Waals surface area contributed by atoms with Crippen molar-refractivity contribution >= 4 is 44.3 Å². The third kappa shape index (κ3) is 7.48. The molecule has 6 N–H and O–H groups in total. The highest BCUT2D eigenvalue weighted by atomic mass is 32.2. The fourth-order valence-corrected chi connectivity index (χ4v) is 4.34. The highest BCUT2D eigenvalue weighted by Crippen LogP contribution is 2.30. The number of aromatic carboxylic acids is 1. The molecular weight excluding hydrogens is 555 g/mol. The molecule has 0 aliphatic heterocycles. The number of ether oxygens (including phenoxy) is 1. The number of carboxylic acid groups (broad SMARTS) is 2. The molecule has 0 spiro atoms. The molecule has 0 radical (unpaired) electrons. The molecule has 14 heteroatoms. The summed E-state index contributed by atoms with van der Waals surface area (Å²) in [4.78, 5) is 20.8. The van der Waals surface area contributed by atoms with E-state index in [4.69, 9.17) is 25.8 Å². The van der Waals surface area contributed by atoms with Crippen molar-refractivity contribution in [3.05, 3.63) is 96.1 Å². The van der Waals surface area contributed by atoms with E-state index in [0.717, 1.165) is 10.8 Å². The fraction of sp³-hybridized carbons (Fsp3) is 0.0385. The van der Waals surface area contributed by atoms with Crippen molar-refractivity contribution in [1.82, 2.24) is 0 Å². The number of sulfonamides is 1. The Morgan fingerprint density at radius 1 is 0.875 bits per heavy atom. The fourth-order valence-electron chi connectivity index (χ4n) is 3.25. The molecule has 4 aromatic rings. The Morgan fingerprint density at radius 3 is 2.12 bits per heavy atom. The Balaban J connectivity index is 0.000000559. The van der Waals surface area contributed by atoms with E-state index in [1.165, 1.54) is 30.3 Å². The highest BCUT2D eigenvalue weighted by Gasteiger charge is 2.38. The monoisotopic (exact) mass is 575 g/mol. The maximum Gasteiger partial charge on any atom is 0.490 e. The summed E-state index contributed by atoms with van der Waals surface area (Å²) in [5, 5.41) is 25.9. The Bertz CT molecular complexity index is 1710. The minimum absolute atomic E-state index is 0.0110. The van der Waals surface area contributed by atoms with Crippen LogP contribution in [0.15, 0.2) is 89.8 Å². The van der Waals surface area contributed by atoms with Gasteiger partial charge in [-0.05, 0) is 53.2 Å². The lowest BCUT2D eigenvalue weighted by Gasteiger charge is -2.13. The van der Waals surface area contributed by atoms with Crippen LogP contribution in [-0.4, -0.2) is 42.6 Å². The average Bonchev–Trinajstić information content (AvgIpc) is 2.89. The van der Waals surface area contributed by atoms with Crippen LogP contribution in [0.2, 0.25) is 0 Å². The number of fused-ring (bicyclic) bond motifs is 1. The number of hydrogen-bond donors (Lipinski definition) is 5. The number of alkyl halides is 3. The predicted molar refractivity (Wildman–Crippen MR) is 139 cm³/mol. The topological polar surface area (TPSA) is 180 Å². The standard InChI is InChI=1S/C24H19N3O5S.C2HF3O2/c25-23(26)17-6-3-7-19(12-17)32-22-11-9-18(14-21(22)24(28)29)27-33(30,31)20-10-8-15-4-1-2-5-16(15)13-20;3-2(4,5)1(6)7/h1-14,27H,(H3,25,26)(H,28,29);(H,6,7). The molecular formula is C26H20F3N3O7S. The molecule has 4 rings (SSSR count). The van der Waals surface area contributed by atoms with E-state index in [1.807, 2.05) is 24.3 Å². The van der Waals surface area contributed by atoms with Crippen molar-refractivity contribution in [3.8, 4) is 11.5 Å². The van der Waals surface area contributed by atoms with Gasteiger partial charge >= 0.3 is 18.1 Å². The third-order valence-corrected chi connectivity index (χ3v) is 6.49. The second-order valence-corrected chi connectivity index (χ2v) is 9.66. The van der Waals surface area contributed by atoms with E-state index in [1.54, 1.807) is 30.3 Å². The lowest BCUT2D eigenvalue weighted by molar-refractivity contribution is -0.192. The molecule has 40 heavy (non-hydrogen) atoms. The SMILES string of the molecule is N=C(N)c1cccc(Oc2ccc(NS(=O)(=O)c3ccc4ccccc4c3)cc2C(=O)O)c1.O=C(O)C(F)(F)F. The zero-order chi connectivity index (χ0) is 29.7. The van der Waals surface area contributed by atoms with E-state index in [0.29, 0.717) is 5.56 Å². The van der Waals surface area contributed by atoms with Crippen molar-refractivity contribution in [2.45, 2.75) is 11.1 Å². The van der Waals surface area contributed by atoms with E-state index in [2.05, 4.69) is 4.72 Å². The summed E-state index contributed by atoms with van der Waals surface area (Å²) in [5.41, 5.74) is 5.74. The van der Waals surface area contributed by atoms with Gasteiger partial charge in [-0.1, -0.05) is 42.5 Å². The Kier molecular flexibility index (Phi) is 8.64. The zero-order valence-electron chi connectivity index (χ0n) is 20.1. The Morgan fingerprint density at radius 2 is 1.52 bits per heavy atom.